The number of fused-ring (bicyclic) bond motifs is 2. The largest absolute Gasteiger partial charge is 0.416 e. The zero-order chi connectivity index (χ0) is 24.1. The van der Waals surface area contributed by atoms with Crippen molar-refractivity contribution in [3.8, 4) is 11.9 Å². The van der Waals surface area contributed by atoms with E-state index in [2.05, 4.69) is 20.4 Å². The zero-order valence-electron chi connectivity index (χ0n) is 16.9. The van der Waals surface area contributed by atoms with Crippen LogP contribution in [0.1, 0.15) is 35.1 Å². The first kappa shape index (κ1) is 22.3. The number of alkyl halides is 3. The maximum atomic E-state index is 12.9. The molecule has 0 radical (unpaired) electrons. The van der Waals surface area contributed by atoms with E-state index in [0.29, 0.717) is 15.0 Å². The van der Waals surface area contributed by atoms with Crippen LogP contribution in [0.4, 0.5) is 19.0 Å². The van der Waals surface area contributed by atoms with Crippen molar-refractivity contribution in [2.75, 3.05) is 0 Å². The first-order valence-corrected chi connectivity index (χ1v) is 11.4. The summed E-state index contributed by atoms with van der Waals surface area (Å²) in [7, 11) is 0. The van der Waals surface area contributed by atoms with E-state index in [4.69, 9.17) is 4.99 Å². The molecule has 0 amide bonds. The third kappa shape index (κ3) is 4.10. The van der Waals surface area contributed by atoms with Crippen LogP contribution < -0.4 is 0 Å². The Bertz CT molecular complexity index is 1390. The third-order valence-electron chi connectivity index (χ3n) is 5.24. The molecule has 0 saturated heterocycles. The fourth-order valence-electron chi connectivity index (χ4n) is 3.35. The van der Waals surface area contributed by atoms with Crippen molar-refractivity contribution < 1.29 is 18.1 Å². The smallest absolute Gasteiger partial charge is 0.358 e. The number of aromatic nitrogens is 5. The molecule has 10 nitrogen and oxygen atoms in total. The lowest BCUT2D eigenvalue weighted by Crippen LogP contribution is -2.16. The summed E-state index contributed by atoms with van der Waals surface area (Å²) in [6.07, 6.45) is -1.96. The minimum absolute atomic E-state index is 0.0319. The van der Waals surface area contributed by atoms with Crippen LogP contribution in [0.3, 0.4) is 0 Å². The van der Waals surface area contributed by atoms with Crippen LogP contribution >= 0.6 is 23.5 Å². The second-order valence-electron chi connectivity index (χ2n) is 7.45. The van der Waals surface area contributed by atoms with Crippen molar-refractivity contribution in [1.29, 1.82) is 5.26 Å². The van der Waals surface area contributed by atoms with Gasteiger partial charge in [0.25, 0.3) is 0 Å². The van der Waals surface area contributed by atoms with E-state index in [1.165, 1.54) is 29.6 Å². The van der Waals surface area contributed by atoms with E-state index in [1.54, 1.807) is 6.07 Å². The van der Waals surface area contributed by atoms with Gasteiger partial charge in [-0.15, -0.1) is 15.3 Å². The second kappa shape index (κ2) is 8.06. The standard InChI is InChI=1S/C19H11F3N8O2S2/c20-19(21,22)12-2-1-10(11(5-12)7-23)9-33-17-25-18(3-4-18)13-6-14(26-27-16(13)34-17)29-24-8-15(28-29)30(31)32/h1-2,5-6,8H,3-4,9H2. The number of benzene rings is 1. The number of aliphatic imine (C=N–C) groups is 1. The van der Waals surface area contributed by atoms with Crippen molar-refractivity contribution in [3.05, 3.63) is 62.8 Å². The van der Waals surface area contributed by atoms with Crippen LogP contribution in [0.15, 0.2) is 40.5 Å². The Hall–Kier alpha value is -3.51. The molecule has 1 spiro atoms. The minimum atomic E-state index is -4.52. The maximum Gasteiger partial charge on any atom is 0.416 e. The summed E-state index contributed by atoms with van der Waals surface area (Å²) in [5.41, 5.74) is -0.0943. The Morgan fingerprint density at radius 3 is 2.74 bits per heavy atom. The molecule has 34 heavy (non-hydrogen) atoms. The van der Waals surface area contributed by atoms with Gasteiger partial charge >= 0.3 is 12.0 Å². The highest BCUT2D eigenvalue weighted by Crippen LogP contribution is 2.56. The summed E-state index contributed by atoms with van der Waals surface area (Å²) in [6.45, 7) is 0. The lowest BCUT2D eigenvalue weighted by molar-refractivity contribution is -0.389. The number of nitro groups is 1. The van der Waals surface area contributed by atoms with Crippen LogP contribution in [-0.4, -0.2) is 34.5 Å². The molecule has 2 aliphatic rings. The number of halogens is 3. The van der Waals surface area contributed by atoms with Crippen LogP contribution in [0.5, 0.6) is 0 Å². The summed E-state index contributed by atoms with van der Waals surface area (Å²) in [6, 6.07) is 6.67. The van der Waals surface area contributed by atoms with Crippen molar-refractivity contribution in [2.45, 2.75) is 35.3 Å². The van der Waals surface area contributed by atoms with Gasteiger partial charge in [0.15, 0.2) is 6.20 Å². The highest BCUT2D eigenvalue weighted by molar-refractivity contribution is 8.38. The highest BCUT2D eigenvalue weighted by Gasteiger charge is 2.49. The topological polar surface area (TPSA) is 136 Å². The van der Waals surface area contributed by atoms with Gasteiger partial charge in [-0.2, -0.15) is 18.4 Å². The van der Waals surface area contributed by atoms with Crippen LogP contribution in [0, 0.1) is 21.4 Å². The molecule has 0 atom stereocenters. The quantitative estimate of drug-likeness (QED) is 0.377. The van der Waals surface area contributed by atoms with Crippen LogP contribution in [-0.2, 0) is 17.5 Å². The molecule has 2 aromatic heterocycles. The predicted molar refractivity (Wildman–Crippen MR) is 115 cm³/mol. The van der Waals surface area contributed by atoms with Crippen molar-refractivity contribution in [2.24, 2.45) is 4.99 Å². The van der Waals surface area contributed by atoms with Gasteiger partial charge in [-0.1, -0.05) is 17.8 Å². The molecule has 1 saturated carbocycles. The summed E-state index contributed by atoms with van der Waals surface area (Å²) in [4.78, 5) is 16.0. The maximum absolute atomic E-state index is 12.9. The summed E-state index contributed by atoms with van der Waals surface area (Å²) in [5, 5.41) is 36.7. The van der Waals surface area contributed by atoms with E-state index in [-0.39, 0.29) is 17.1 Å². The Morgan fingerprint density at radius 1 is 1.29 bits per heavy atom. The third-order valence-corrected chi connectivity index (χ3v) is 7.40. The number of nitrogens with zero attached hydrogens (tertiary/aromatic N) is 8. The van der Waals surface area contributed by atoms with E-state index in [0.717, 1.165) is 41.5 Å². The monoisotopic (exact) mass is 504 g/mol. The molecule has 3 aromatic rings. The van der Waals surface area contributed by atoms with Gasteiger partial charge in [0, 0.05) is 11.3 Å². The first-order valence-electron chi connectivity index (χ1n) is 9.64. The van der Waals surface area contributed by atoms with Gasteiger partial charge in [-0.3, -0.25) is 4.99 Å². The molecule has 1 fully saturated rings. The summed E-state index contributed by atoms with van der Waals surface area (Å²) >= 11 is 2.59. The van der Waals surface area contributed by atoms with E-state index in [9.17, 15) is 28.5 Å². The minimum Gasteiger partial charge on any atom is -0.358 e. The molecule has 1 aliphatic heterocycles. The van der Waals surface area contributed by atoms with Crippen molar-refractivity contribution >= 4 is 33.7 Å². The Balaban J connectivity index is 1.36. The SMILES string of the molecule is N#Cc1cc(C(F)(F)F)ccc1CSC1=NC2(CC2)c2cc(-n3ncc([N+](=O)[O-])n3)nnc2S1. The normalized spacial score (nSPS) is 16.0. The van der Waals surface area contributed by atoms with Crippen LogP contribution in [0.25, 0.3) is 5.82 Å². The van der Waals surface area contributed by atoms with E-state index < -0.39 is 28.0 Å². The molecule has 172 valence electrons. The molecular formula is C19H11F3N8O2S2. The number of thioether (sulfide) groups is 2. The lowest BCUT2D eigenvalue weighted by atomic mass is 10.1. The van der Waals surface area contributed by atoms with Gasteiger partial charge in [-0.25, -0.2) is 0 Å². The number of hydrogen-bond donors (Lipinski definition) is 0. The predicted octanol–water partition coefficient (Wildman–Crippen LogP) is 4.24. The van der Waals surface area contributed by atoms with E-state index in [1.807, 2.05) is 6.07 Å². The van der Waals surface area contributed by atoms with Gasteiger partial charge in [0.1, 0.15) is 9.40 Å². The number of rotatable bonds is 4. The van der Waals surface area contributed by atoms with Gasteiger partial charge in [-0.05, 0) is 58.1 Å². The summed E-state index contributed by atoms with van der Waals surface area (Å²) in [5.74, 6) is 0.0881. The first-order chi connectivity index (χ1) is 16.2. The van der Waals surface area contributed by atoms with Crippen LogP contribution in [0.2, 0.25) is 0 Å². The fourth-order valence-corrected chi connectivity index (χ4v) is 5.60. The molecule has 0 bridgehead atoms. The Kier molecular flexibility index (Phi) is 5.29. The molecule has 3 heterocycles. The molecule has 1 aromatic carbocycles. The second-order valence-corrected chi connectivity index (χ2v) is 9.65. The molecule has 0 N–H and O–H groups in total. The molecule has 0 unspecified atom stereocenters. The molecule has 1 aliphatic carbocycles. The van der Waals surface area contributed by atoms with Crippen molar-refractivity contribution in [1.82, 2.24) is 25.2 Å². The lowest BCUT2D eigenvalue weighted by Gasteiger charge is -2.21. The van der Waals surface area contributed by atoms with Gasteiger partial charge in [0.05, 0.1) is 27.8 Å². The zero-order valence-corrected chi connectivity index (χ0v) is 18.5. The van der Waals surface area contributed by atoms with Gasteiger partial charge < -0.3 is 10.1 Å². The molecule has 15 heteroatoms. The van der Waals surface area contributed by atoms with Crippen molar-refractivity contribution in [3.63, 3.8) is 0 Å². The molecular weight excluding hydrogens is 493 g/mol. The average Bonchev–Trinajstić information content (AvgIpc) is 3.38. The highest BCUT2D eigenvalue weighted by atomic mass is 32.2. The fraction of sp³-hybridized carbons (Fsp3) is 0.263. The van der Waals surface area contributed by atoms with E-state index >= 15 is 0 Å². The average molecular weight is 504 g/mol. The number of nitriles is 1. The number of hydrogen-bond acceptors (Lipinski definition) is 10. The Morgan fingerprint density at radius 2 is 2.09 bits per heavy atom. The molecule has 5 rings (SSSR count). The van der Waals surface area contributed by atoms with Gasteiger partial charge in [0.2, 0.25) is 5.82 Å². The Labute approximate surface area is 197 Å². The summed E-state index contributed by atoms with van der Waals surface area (Å²) < 4.78 is 39.5.